The van der Waals surface area contributed by atoms with Gasteiger partial charge >= 0.3 is 6.89 Å². The number of quaternary nitrogens is 1. The van der Waals surface area contributed by atoms with E-state index in [0.717, 1.165) is 37.2 Å². The SMILES string of the molecule is c1ccc(N(C[C@H]2CO[B-]34OCC[N+]23CCO4)c2ccccc2)cc1. The summed E-state index contributed by atoms with van der Waals surface area (Å²) in [6.45, 7) is 3.43. The second-order valence-electron chi connectivity index (χ2n) is 7.17. The number of benzene rings is 2. The van der Waals surface area contributed by atoms with Gasteiger partial charge in [-0.05, 0) is 24.3 Å². The van der Waals surface area contributed by atoms with Gasteiger partial charge in [-0.1, -0.05) is 36.4 Å². The van der Waals surface area contributed by atoms with Crippen molar-refractivity contribution in [1.82, 2.24) is 0 Å². The molecule has 1 atom stereocenters. The Balaban J connectivity index is 1.49. The third kappa shape index (κ3) is 2.25. The molecule has 25 heavy (non-hydrogen) atoms. The number of para-hydroxylation sites is 2. The summed E-state index contributed by atoms with van der Waals surface area (Å²) in [5.74, 6) is 0. The lowest BCUT2D eigenvalue weighted by Crippen LogP contribution is -2.64. The fourth-order valence-corrected chi connectivity index (χ4v) is 4.77. The van der Waals surface area contributed by atoms with Crippen molar-refractivity contribution in [2.75, 3.05) is 44.4 Å². The Morgan fingerprint density at radius 3 is 1.96 bits per heavy atom. The van der Waals surface area contributed by atoms with Gasteiger partial charge < -0.3 is 23.3 Å². The van der Waals surface area contributed by atoms with Crippen LogP contribution in [0.25, 0.3) is 0 Å². The van der Waals surface area contributed by atoms with Crippen LogP contribution in [0.15, 0.2) is 60.7 Å². The van der Waals surface area contributed by atoms with Gasteiger partial charge in [0.05, 0.1) is 45.5 Å². The van der Waals surface area contributed by atoms with E-state index in [-0.39, 0.29) is 0 Å². The normalized spacial score (nSPS) is 33.2. The standard InChI is InChI=1S/C19H23BN2O3/c1-3-7-17(8-4-1)21(18-9-5-2-6-10-18)15-19-16-25-20-22(19,11-13-23-20)12-14-24-20/h1-10,19H,11-16H2/t19-,20?,22?/m0/s1. The van der Waals surface area contributed by atoms with Crippen molar-refractivity contribution in [3.63, 3.8) is 0 Å². The maximum absolute atomic E-state index is 6.13. The fourth-order valence-electron chi connectivity index (χ4n) is 4.77. The van der Waals surface area contributed by atoms with E-state index in [0.29, 0.717) is 12.6 Å². The molecular weight excluding hydrogens is 315 g/mol. The molecule has 2 aromatic rings. The first-order chi connectivity index (χ1) is 12.3. The lowest BCUT2D eigenvalue weighted by Gasteiger charge is -2.44. The van der Waals surface area contributed by atoms with Crippen molar-refractivity contribution >= 4 is 18.3 Å². The summed E-state index contributed by atoms with van der Waals surface area (Å²) in [7, 11) is 0. The monoisotopic (exact) mass is 338 g/mol. The average Bonchev–Trinajstić information content (AvgIpc) is 3.27. The molecule has 0 N–H and O–H groups in total. The molecule has 0 spiro atoms. The quantitative estimate of drug-likeness (QED) is 0.802. The fraction of sp³-hybridized carbons (Fsp3) is 0.368. The molecule has 2 aromatic carbocycles. The average molecular weight is 338 g/mol. The predicted octanol–water partition coefficient (Wildman–Crippen LogP) is 2.54. The van der Waals surface area contributed by atoms with Gasteiger partial charge in [0.2, 0.25) is 0 Å². The summed E-state index contributed by atoms with van der Waals surface area (Å²) in [5.41, 5.74) is 2.41. The Kier molecular flexibility index (Phi) is 3.60. The van der Waals surface area contributed by atoms with Crippen LogP contribution in [0.5, 0.6) is 0 Å². The van der Waals surface area contributed by atoms with Crippen molar-refractivity contribution in [3.8, 4) is 0 Å². The van der Waals surface area contributed by atoms with Crippen LogP contribution in [-0.4, -0.2) is 56.8 Å². The molecule has 5 rings (SSSR count). The Morgan fingerprint density at radius 2 is 1.40 bits per heavy atom. The second kappa shape index (κ2) is 5.85. The minimum absolute atomic E-state index is 0.352. The molecule has 0 unspecified atom stereocenters. The number of nitrogens with zero attached hydrogens (tertiary/aromatic N) is 2. The molecule has 3 aliphatic heterocycles. The number of anilines is 2. The second-order valence-corrected chi connectivity index (χ2v) is 7.17. The number of rotatable bonds is 4. The highest BCUT2D eigenvalue weighted by Crippen LogP contribution is 2.43. The van der Waals surface area contributed by atoms with Crippen molar-refractivity contribution in [2.24, 2.45) is 0 Å². The van der Waals surface area contributed by atoms with Gasteiger partial charge in [-0.2, -0.15) is 0 Å². The molecule has 0 aromatic heterocycles. The highest BCUT2D eigenvalue weighted by Gasteiger charge is 2.68. The molecule has 130 valence electrons. The molecule has 0 saturated carbocycles. The van der Waals surface area contributed by atoms with Gasteiger partial charge in [-0.25, -0.2) is 0 Å². The van der Waals surface area contributed by atoms with Gasteiger partial charge in [0.1, 0.15) is 0 Å². The largest absolute Gasteiger partial charge is 0.625 e. The van der Waals surface area contributed by atoms with Crippen LogP contribution in [0.3, 0.4) is 0 Å². The van der Waals surface area contributed by atoms with Crippen molar-refractivity contribution in [1.29, 1.82) is 0 Å². The van der Waals surface area contributed by atoms with Crippen LogP contribution in [0, 0.1) is 0 Å². The van der Waals surface area contributed by atoms with E-state index in [2.05, 4.69) is 65.6 Å². The van der Waals surface area contributed by atoms with E-state index in [9.17, 15) is 0 Å². The molecule has 0 bridgehead atoms. The Labute approximate surface area is 148 Å². The molecule has 0 amide bonds. The molecular formula is C19H23BN2O3. The summed E-state index contributed by atoms with van der Waals surface area (Å²) < 4.78 is 18.9. The topological polar surface area (TPSA) is 30.9 Å². The molecule has 3 aliphatic rings. The Morgan fingerprint density at radius 1 is 0.840 bits per heavy atom. The maximum atomic E-state index is 6.13. The van der Waals surface area contributed by atoms with E-state index in [4.69, 9.17) is 14.0 Å². The van der Waals surface area contributed by atoms with E-state index in [1.54, 1.807) is 0 Å². The first kappa shape index (κ1) is 15.4. The minimum atomic E-state index is -1.59. The van der Waals surface area contributed by atoms with Gasteiger partial charge in [-0.3, -0.25) is 0 Å². The zero-order valence-corrected chi connectivity index (χ0v) is 14.3. The summed E-state index contributed by atoms with van der Waals surface area (Å²) in [6, 6.07) is 21.5. The molecule has 0 aliphatic carbocycles. The number of hydrogen-bond acceptors (Lipinski definition) is 4. The third-order valence-electron chi connectivity index (χ3n) is 6.06. The van der Waals surface area contributed by atoms with Crippen molar-refractivity contribution in [2.45, 2.75) is 6.04 Å². The van der Waals surface area contributed by atoms with Crippen LogP contribution in [0.2, 0.25) is 0 Å². The summed E-state index contributed by atoms with van der Waals surface area (Å²) >= 11 is 0. The van der Waals surface area contributed by atoms with E-state index in [1.165, 1.54) is 11.4 Å². The molecule has 3 fully saturated rings. The lowest BCUT2D eigenvalue weighted by atomic mass is 9.91. The van der Waals surface area contributed by atoms with Crippen LogP contribution in [-0.2, 0) is 14.0 Å². The maximum Gasteiger partial charge on any atom is 0.625 e. The van der Waals surface area contributed by atoms with Crippen LogP contribution < -0.4 is 4.90 Å². The zero-order valence-electron chi connectivity index (χ0n) is 14.3. The summed E-state index contributed by atoms with van der Waals surface area (Å²) in [4.78, 5) is 2.39. The molecule has 3 saturated heterocycles. The highest BCUT2D eigenvalue weighted by molar-refractivity contribution is 6.54. The lowest BCUT2D eigenvalue weighted by molar-refractivity contribution is -0.839. The molecule has 5 nitrogen and oxygen atoms in total. The first-order valence-electron chi connectivity index (χ1n) is 9.12. The smallest absolute Gasteiger partial charge is 0.481 e. The van der Waals surface area contributed by atoms with E-state index < -0.39 is 6.89 Å². The van der Waals surface area contributed by atoms with Crippen LogP contribution in [0.1, 0.15) is 0 Å². The summed E-state index contributed by atoms with van der Waals surface area (Å²) in [6.07, 6.45) is 0. The first-order valence-corrected chi connectivity index (χ1v) is 9.12. The van der Waals surface area contributed by atoms with Gasteiger partial charge in [-0.15, -0.1) is 0 Å². The van der Waals surface area contributed by atoms with Crippen molar-refractivity contribution < 1.29 is 18.4 Å². The molecule has 3 heterocycles. The minimum Gasteiger partial charge on any atom is -0.481 e. The Hall–Kier alpha value is -1.86. The predicted molar refractivity (Wildman–Crippen MR) is 97.3 cm³/mol. The molecule has 0 radical (unpaired) electrons. The molecule has 6 heteroatoms. The van der Waals surface area contributed by atoms with Crippen LogP contribution in [0.4, 0.5) is 11.4 Å². The van der Waals surface area contributed by atoms with Gasteiger partial charge in [0.15, 0.2) is 0 Å². The van der Waals surface area contributed by atoms with Gasteiger partial charge in [0, 0.05) is 11.4 Å². The van der Waals surface area contributed by atoms with Crippen LogP contribution >= 0.6 is 0 Å². The number of hydrogen-bond donors (Lipinski definition) is 0. The van der Waals surface area contributed by atoms with E-state index >= 15 is 0 Å². The zero-order chi connectivity index (χ0) is 16.7. The highest BCUT2D eigenvalue weighted by atomic mass is 16.8. The van der Waals surface area contributed by atoms with Gasteiger partial charge in [0.25, 0.3) is 0 Å². The van der Waals surface area contributed by atoms with E-state index in [1.807, 2.05) is 0 Å². The van der Waals surface area contributed by atoms with Crippen molar-refractivity contribution in [3.05, 3.63) is 60.7 Å². The summed E-state index contributed by atoms with van der Waals surface area (Å²) in [5, 5.41) is 0. The third-order valence-corrected chi connectivity index (χ3v) is 6.06. The Bertz CT molecular complexity index is 693.